The summed E-state index contributed by atoms with van der Waals surface area (Å²) in [5.41, 5.74) is 0.888. The van der Waals surface area contributed by atoms with E-state index in [2.05, 4.69) is 25.6 Å². The van der Waals surface area contributed by atoms with Gasteiger partial charge in [0.05, 0.1) is 18.3 Å². The van der Waals surface area contributed by atoms with Gasteiger partial charge in [0.25, 0.3) is 0 Å². The molecule has 0 saturated carbocycles. The van der Waals surface area contributed by atoms with Crippen molar-refractivity contribution in [3.63, 3.8) is 0 Å². The Morgan fingerprint density at radius 2 is 2.35 bits per heavy atom. The second-order valence-electron chi connectivity index (χ2n) is 5.46. The van der Waals surface area contributed by atoms with E-state index >= 15 is 0 Å². The van der Waals surface area contributed by atoms with Crippen LogP contribution in [0.15, 0.2) is 17.6 Å². The fourth-order valence-corrected chi connectivity index (χ4v) is 3.38. The Morgan fingerprint density at radius 1 is 1.48 bits per heavy atom. The molecule has 0 aromatic carbocycles. The van der Waals surface area contributed by atoms with Crippen LogP contribution in [0, 0.1) is 6.92 Å². The van der Waals surface area contributed by atoms with Crippen molar-refractivity contribution in [1.82, 2.24) is 25.2 Å². The van der Waals surface area contributed by atoms with Gasteiger partial charge in [-0.15, -0.1) is 11.3 Å². The van der Waals surface area contributed by atoms with E-state index in [9.17, 15) is 4.79 Å². The molecule has 1 fully saturated rings. The smallest absolute Gasteiger partial charge is 0.237 e. The number of likely N-dealkylation sites (tertiary alicyclic amines) is 1. The largest absolute Gasteiger partial charge is 0.333 e. The number of hydrogen-bond acceptors (Lipinski definition) is 7. The first-order valence-electron chi connectivity index (χ1n) is 7.63. The summed E-state index contributed by atoms with van der Waals surface area (Å²) in [6.07, 6.45) is 3.68. The first-order valence-corrected chi connectivity index (χ1v) is 8.51. The summed E-state index contributed by atoms with van der Waals surface area (Å²) in [6.45, 7) is 3.00. The molecule has 1 aliphatic heterocycles. The van der Waals surface area contributed by atoms with Crippen molar-refractivity contribution in [2.75, 3.05) is 25.5 Å². The minimum absolute atomic E-state index is 0.0226. The molecule has 0 spiro atoms. The zero-order chi connectivity index (χ0) is 16.2. The first-order chi connectivity index (χ1) is 11.2. The highest BCUT2D eigenvalue weighted by molar-refractivity contribution is 7.13. The van der Waals surface area contributed by atoms with Crippen molar-refractivity contribution in [3.8, 4) is 0 Å². The third kappa shape index (κ3) is 3.65. The predicted molar refractivity (Wildman–Crippen MR) is 89.8 cm³/mol. The van der Waals surface area contributed by atoms with Gasteiger partial charge in [-0.2, -0.15) is 0 Å². The molecule has 0 aliphatic carbocycles. The molecule has 7 nitrogen and oxygen atoms in total. The Morgan fingerprint density at radius 3 is 3.09 bits per heavy atom. The van der Waals surface area contributed by atoms with Crippen LogP contribution in [-0.4, -0.2) is 45.9 Å². The van der Waals surface area contributed by atoms with E-state index in [0.717, 1.165) is 36.0 Å². The minimum atomic E-state index is 0.0226. The highest BCUT2D eigenvalue weighted by Gasteiger charge is 2.31. The summed E-state index contributed by atoms with van der Waals surface area (Å²) < 4.78 is 0. The van der Waals surface area contributed by atoms with Gasteiger partial charge in [-0.3, -0.25) is 4.79 Å². The molecule has 122 valence electrons. The van der Waals surface area contributed by atoms with Crippen LogP contribution < -0.4 is 10.6 Å². The van der Waals surface area contributed by atoms with E-state index in [0.29, 0.717) is 12.4 Å². The average molecular weight is 332 g/mol. The van der Waals surface area contributed by atoms with Crippen molar-refractivity contribution in [2.24, 2.45) is 0 Å². The second-order valence-corrected chi connectivity index (χ2v) is 6.36. The molecule has 0 radical (unpaired) electrons. The van der Waals surface area contributed by atoms with Gasteiger partial charge in [-0.1, -0.05) is 0 Å². The van der Waals surface area contributed by atoms with Crippen LogP contribution in [0.5, 0.6) is 0 Å². The third-order valence-corrected chi connectivity index (χ3v) is 4.46. The van der Waals surface area contributed by atoms with E-state index in [1.165, 1.54) is 11.3 Å². The van der Waals surface area contributed by atoms with Crippen LogP contribution in [0.1, 0.15) is 30.4 Å². The number of nitrogens with one attached hydrogen (secondary N) is 2. The number of nitrogens with zero attached hydrogens (tertiary/aromatic N) is 4. The van der Waals surface area contributed by atoms with Crippen LogP contribution in [0.4, 0.5) is 10.9 Å². The highest BCUT2D eigenvalue weighted by atomic mass is 32.1. The fraction of sp³-hybridized carbons (Fsp3) is 0.467. The molecule has 3 heterocycles. The van der Waals surface area contributed by atoms with Gasteiger partial charge in [-0.25, -0.2) is 15.0 Å². The lowest BCUT2D eigenvalue weighted by Crippen LogP contribution is -2.37. The Kier molecular flexibility index (Phi) is 4.82. The maximum atomic E-state index is 12.3. The minimum Gasteiger partial charge on any atom is -0.333 e. The number of amides is 1. The molecule has 0 unspecified atom stereocenters. The van der Waals surface area contributed by atoms with Gasteiger partial charge in [0.15, 0.2) is 5.13 Å². The number of anilines is 2. The van der Waals surface area contributed by atoms with Crippen molar-refractivity contribution in [1.29, 1.82) is 0 Å². The lowest BCUT2D eigenvalue weighted by Gasteiger charge is -2.24. The molecular weight excluding hydrogens is 312 g/mol. The molecule has 0 bridgehead atoms. The summed E-state index contributed by atoms with van der Waals surface area (Å²) in [4.78, 5) is 27.3. The first kappa shape index (κ1) is 15.8. The molecule has 2 N–H and O–H groups in total. The predicted octanol–water partition coefficient (Wildman–Crippen LogP) is 1.87. The van der Waals surface area contributed by atoms with Crippen LogP contribution >= 0.6 is 11.3 Å². The Bertz CT molecular complexity index is 675. The quantitative estimate of drug-likeness (QED) is 0.870. The summed E-state index contributed by atoms with van der Waals surface area (Å²) >= 11 is 1.52. The zero-order valence-corrected chi connectivity index (χ0v) is 14.1. The number of hydrogen-bond donors (Lipinski definition) is 2. The van der Waals surface area contributed by atoms with Crippen LogP contribution in [0.3, 0.4) is 0 Å². The molecule has 1 aliphatic rings. The van der Waals surface area contributed by atoms with Gasteiger partial charge < -0.3 is 15.5 Å². The number of aryl methyl sites for hydroxylation is 1. The molecule has 2 aromatic rings. The van der Waals surface area contributed by atoms with E-state index in [1.54, 1.807) is 13.2 Å². The van der Waals surface area contributed by atoms with E-state index in [4.69, 9.17) is 0 Å². The number of likely N-dealkylation sites (N-methyl/N-ethyl adjacent to an activating group) is 1. The summed E-state index contributed by atoms with van der Waals surface area (Å²) in [7, 11) is 1.79. The van der Waals surface area contributed by atoms with Crippen molar-refractivity contribution < 1.29 is 4.79 Å². The topological polar surface area (TPSA) is 83.0 Å². The van der Waals surface area contributed by atoms with Crippen molar-refractivity contribution in [3.05, 3.63) is 29.2 Å². The third-order valence-electron chi connectivity index (χ3n) is 3.77. The molecule has 1 atom stereocenters. The standard InChI is InChI=1S/C15H20N6OS/c1-10-18-11(8-13(19-10)20-15-17-5-7-23-15)12-4-3-6-21(12)14(22)9-16-2/h5,7-8,12,16H,3-4,6,9H2,1-2H3,(H,17,18,19,20)/t12-/m0/s1. The number of thiazole rings is 1. The SMILES string of the molecule is CNCC(=O)N1CCC[C@H]1c1cc(Nc2nccs2)nc(C)n1. The lowest BCUT2D eigenvalue weighted by molar-refractivity contribution is -0.131. The summed E-state index contributed by atoms with van der Waals surface area (Å²) in [5.74, 6) is 1.52. The van der Waals surface area contributed by atoms with Crippen LogP contribution in [0.25, 0.3) is 0 Å². The van der Waals surface area contributed by atoms with Gasteiger partial charge in [0.2, 0.25) is 5.91 Å². The molecular formula is C15H20N6OS. The Balaban J connectivity index is 1.84. The molecule has 8 heteroatoms. The van der Waals surface area contributed by atoms with Crippen molar-refractivity contribution >= 4 is 28.2 Å². The molecule has 1 amide bonds. The van der Waals surface area contributed by atoms with Crippen molar-refractivity contribution in [2.45, 2.75) is 25.8 Å². The molecule has 1 saturated heterocycles. The van der Waals surface area contributed by atoms with E-state index in [1.807, 2.05) is 23.3 Å². The monoisotopic (exact) mass is 332 g/mol. The number of aromatic nitrogens is 3. The molecule has 23 heavy (non-hydrogen) atoms. The Hall–Kier alpha value is -2.06. The maximum absolute atomic E-state index is 12.3. The van der Waals surface area contributed by atoms with E-state index < -0.39 is 0 Å². The number of rotatable bonds is 5. The molecule has 2 aromatic heterocycles. The average Bonchev–Trinajstić information content (AvgIpc) is 3.17. The number of carbonyl (C=O) groups is 1. The van der Waals surface area contributed by atoms with Crippen LogP contribution in [0.2, 0.25) is 0 Å². The van der Waals surface area contributed by atoms with Gasteiger partial charge in [0, 0.05) is 24.2 Å². The van der Waals surface area contributed by atoms with Gasteiger partial charge in [0.1, 0.15) is 11.6 Å². The second kappa shape index (κ2) is 7.01. The maximum Gasteiger partial charge on any atom is 0.237 e. The normalized spacial score (nSPS) is 17.5. The van der Waals surface area contributed by atoms with Gasteiger partial charge >= 0.3 is 0 Å². The highest BCUT2D eigenvalue weighted by Crippen LogP contribution is 2.32. The lowest BCUT2D eigenvalue weighted by atomic mass is 10.1. The van der Waals surface area contributed by atoms with E-state index in [-0.39, 0.29) is 11.9 Å². The fourth-order valence-electron chi connectivity index (χ4n) is 2.85. The number of carbonyl (C=O) groups excluding carboxylic acids is 1. The van der Waals surface area contributed by atoms with Gasteiger partial charge in [-0.05, 0) is 26.8 Å². The Labute approximate surface area is 139 Å². The summed E-state index contributed by atoms with van der Waals surface area (Å²) in [5, 5.41) is 8.83. The summed E-state index contributed by atoms with van der Waals surface area (Å²) in [6, 6.07) is 1.94. The van der Waals surface area contributed by atoms with Crippen LogP contribution in [-0.2, 0) is 4.79 Å². The molecule has 3 rings (SSSR count). The zero-order valence-electron chi connectivity index (χ0n) is 13.2.